The molecular weight excluding hydrogens is 328 g/mol. The Labute approximate surface area is 118 Å². The highest BCUT2D eigenvalue weighted by molar-refractivity contribution is 7.95. The Hall–Kier alpha value is -1.17. The lowest BCUT2D eigenvalue weighted by molar-refractivity contribution is 0.591. The molecule has 0 bridgehead atoms. The molecule has 1 rings (SSSR count). The summed E-state index contributed by atoms with van der Waals surface area (Å²) in [5.74, 6) is -1.39. The van der Waals surface area contributed by atoms with Crippen LogP contribution in [-0.2, 0) is 29.9 Å². The molecule has 0 spiro atoms. The van der Waals surface area contributed by atoms with Crippen molar-refractivity contribution in [3.8, 4) is 0 Å². The van der Waals surface area contributed by atoms with Crippen LogP contribution in [0.5, 0.6) is 0 Å². The van der Waals surface area contributed by atoms with Gasteiger partial charge in [0, 0.05) is 11.9 Å². The smallest absolute Gasteiger partial charge is 0.233 e. The molecule has 0 atom stereocenters. The number of benzene rings is 1. The molecule has 1 aromatic rings. The van der Waals surface area contributed by atoms with E-state index in [0.717, 1.165) is 6.26 Å². The minimum absolute atomic E-state index is 0.0463. The van der Waals surface area contributed by atoms with Crippen LogP contribution in [0.1, 0.15) is 0 Å². The second kappa shape index (κ2) is 5.68. The van der Waals surface area contributed by atoms with Gasteiger partial charge in [-0.3, -0.25) is 4.72 Å². The van der Waals surface area contributed by atoms with Crippen LogP contribution in [0.25, 0.3) is 0 Å². The number of nitrogens with one attached hydrogen (secondary N) is 1. The molecule has 0 aromatic heterocycles. The van der Waals surface area contributed by atoms with E-state index >= 15 is 0 Å². The second-order valence-corrected chi connectivity index (χ2v) is 9.68. The van der Waals surface area contributed by atoms with Gasteiger partial charge < -0.3 is 0 Å². The van der Waals surface area contributed by atoms with Gasteiger partial charge in [-0.25, -0.2) is 30.4 Å². The summed E-state index contributed by atoms with van der Waals surface area (Å²) in [6.07, 6.45) is 1.03. The van der Waals surface area contributed by atoms with E-state index < -0.39 is 41.4 Å². The number of sulfone groups is 1. The molecule has 20 heavy (non-hydrogen) atoms. The number of sulfonamides is 2. The van der Waals surface area contributed by atoms with Crippen molar-refractivity contribution in [1.82, 2.24) is 0 Å². The Balaban J connectivity index is 2.83. The number of anilines is 1. The van der Waals surface area contributed by atoms with Crippen LogP contribution >= 0.6 is 0 Å². The minimum atomic E-state index is -3.87. The second-order valence-electron chi connectivity index (χ2n) is 4.08. The highest BCUT2D eigenvalue weighted by Crippen LogP contribution is 2.15. The molecular formula is C9H14N2O6S3. The lowest BCUT2D eigenvalue weighted by Crippen LogP contribution is -2.26. The summed E-state index contributed by atoms with van der Waals surface area (Å²) in [7, 11) is -11.1. The van der Waals surface area contributed by atoms with E-state index in [-0.39, 0.29) is 10.6 Å². The zero-order valence-electron chi connectivity index (χ0n) is 10.5. The van der Waals surface area contributed by atoms with Gasteiger partial charge in [0.05, 0.1) is 16.4 Å². The number of nitrogens with two attached hydrogens (primary N) is 1. The molecule has 0 unspecified atom stereocenters. The summed E-state index contributed by atoms with van der Waals surface area (Å²) >= 11 is 0. The highest BCUT2D eigenvalue weighted by atomic mass is 32.2. The summed E-state index contributed by atoms with van der Waals surface area (Å²) in [6, 6.07) is 5.02. The Morgan fingerprint density at radius 3 is 1.85 bits per heavy atom. The van der Waals surface area contributed by atoms with Gasteiger partial charge in [0.1, 0.15) is 0 Å². The molecule has 0 fully saturated rings. The average molecular weight is 342 g/mol. The fourth-order valence-electron chi connectivity index (χ4n) is 1.23. The van der Waals surface area contributed by atoms with Crippen molar-refractivity contribution in [1.29, 1.82) is 0 Å². The van der Waals surface area contributed by atoms with Crippen LogP contribution in [0.15, 0.2) is 29.2 Å². The van der Waals surface area contributed by atoms with Crippen LogP contribution in [0.3, 0.4) is 0 Å². The van der Waals surface area contributed by atoms with Crippen LogP contribution in [-0.4, -0.2) is 43.0 Å². The maximum atomic E-state index is 11.6. The van der Waals surface area contributed by atoms with Crippen LogP contribution < -0.4 is 9.86 Å². The molecule has 0 amide bonds. The fraction of sp³-hybridized carbons (Fsp3) is 0.333. The van der Waals surface area contributed by atoms with Crippen molar-refractivity contribution in [2.45, 2.75) is 4.90 Å². The zero-order chi connectivity index (χ0) is 15.6. The standard InChI is InChI=1S/C9H14N2O6S3/c1-18(12,13)9-4-2-8(3-5-9)11-20(16,17)7-6-19(10,14)15/h2-5,11H,6-7H2,1H3,(H2,10,14,15). The molecule has 0 aliphatic heterocycles. The number of hydrogen-bond donors (Lipinski definition) is 2. The van der Waals surface area contributed by atoms with E-state index in [0.29, 0.717) is 0 Å². The Kier molecular flexibility index (Phi) is 4.79. The summed E-state index contributed by atoms with van der Waals surface area (Å²) in [5.41, 5.74) is 0.131. The van der Waals surface area contributed by atoms with Crippen LogP contribution in [0, 0.1) is 0 Å². The van der Waals surface area contributed by atoms with Crippen molar-refractivity contribution >= 4 is 35.6 Å². The third-order valence-corrected chi connectivity index (χ3v) is 5.64. The fourth-order valence-corrected chi connectivity index (χ4v) is 4.26. The van der Waals surface area contributed by atoms with E-state index in [1.807, 2.05) is 0 Å². The van der Waals surface area contributed by atoms with Crippen molar-refractivity contribution in [2.75, 3.05) is 22.5 Å². The lowest BCUT2D eigenvalue weighted by Gasteiger charge is -2.08. The summed E-state index contributed by atoms with van der Waals surface area (Å²) in [6.45, 7) is 0. The topological polar surface area (TPSA) is 140 Å². The molecule has 0 aliphatic carbocycles. The van der Waals surface area contributed by atoms with E-state index in [2.05, 4.69) is 4.72 Å². The molecule has 8 nitrogen and oxygen atoms in total. The Bertz CT molecular complexity index is 779. The van der Waals surface area contributed by atoms with Gasteiger partial charge in [-0.2, -0.15) is 0 Å². The minimum Gasteiger partial charge on any atom is -0.284 e. The van der Waals surface area contributed by atoms with Gasteiger partial charge >= 0.3 is 0 Å². The molecule has 0 radical (unpaired) electrons. The van der Waals surface area contributed by atoms with Gasteiger partial charge in [-0.05, 0) is 24.3 Å². The molecule has 114 valence electrons. The first-order valence-corrected chi connectivity index (χ1v) is 10.5. The predicted octanol–water partition coefficient (Wildman–Crippen LogP) is -0.880. The monoisotopic (exact) mass is 342 g/mol. The third-order valence-electron chi connectivity index (χ3n) is 2.19. The number of primary sulfonamides is 1. The maximum Gasteiger partial charge on any atom is 0.233 e. The van der Waals surface area contributed by atoms with Crippen molar-refractivity contribution in [3.05, 3.63) is 24.3 Å². The van der Waals surface area contributed by atoms with Gasteiger partial charge in [0.25, 0.3) is 0 Å². The van der Waals surface area contributed by atoms with Gasteiger partial charge in [0.2, 0.25) is 20.0 Å². The number of hydrogen-bond acceptors (Lipinski definition) is 6. The zero-order valence-corrected chi connectivity index (χ0v) is 12.9. The van der Waals surface area contributed by atoms with Crippen molar-refractivity contribution < 1.29 is 25.3 Å². The van der Waals surface area contributed by atoms with Gasteiger partial charge in [-0.15, -0.1) is 0 Å². The van der Waals surface area contributed by atoms with Gasteiger partial charge in [-0.1, -0.05) is 0 Å². The first-order chi connectivity index (χ1) is 8.89. The SMILES string of the molecule is CS(=O)(=O)c1ccc(NS(=O)(=O)CCS(N)(=O)=O)cc1. The Morgan fingerprint density at radius 2 is 1.45 bits per heavy atom. The first-order valence-electron chi connectivity index (χ1n) is 5.20. The average Bonchev–Trinajstić information content (AvgIpc) is 2.25. The molecule has 0 saturated heterocycles. The van der Waals surface area contributed by atoms with Crippen molar-refractivity contribution in [2.24, 2.45) is 5.14 Å². The highest BCUT2D eigenvalue weighted by Gasteiger charge is 2.15. The van der Waals surface area contributed by atoms with Gasteiger partial charge in [0.15, 0.2) is 9.84 Å². The predicted molar refractivity (Wildman–Crippen MR) is 74.9 cm³/mol. The van der Waals surface area contributed by atoms with Crippen LogP contribution in [0.2, 0.25) is 0 Å². The molecule has 1 aromatic carbocycles. The largest absolute Gasteiger partial charge is 0.284 e. The summed E-state index contributed by atoms with van der Waals surface area (Å²) in [4.78, 5) is 0.0463. The summed E-state index contributed by atoms with van der Waals surface area (Å²) in [5, 5.41) is 4.72. The van der Waals surface area contributed by atoms with E-state index in [9.17, 15) is 25.3 Å². The van der Waals surface area contributed by atoms with Crippen LogP contribution in [0.4, 0.5) is 5.69 Å². The quantitative estimate of drug-likeness (QED) is 0.688. The first kappa shape index (κ1) is 16.9. The summed E-state index contributed by atoms with van der Waals surface area (Å²) < 4.78 is 69.1. The Morgan fingerprint density at radius 1 is 0.950 bits per heavy atom. The van der Waals surface area contributed by atoms with E-state index in [1.54, 1.807) is 0 Å². The molecule has 11 heteroatoms. The van der Waals surface area contributed by atoms with E-state index in [1.165, 1.54) is 24.3 Å². The molecule has 0 heterocycles. The number of rotatable bonds is 6. The van der Waals surface area contributed by atoms with Crippen molar-refractivity contribution in [3.63, 3.8) is 0 Å². The van der Waals surface area contributed by atoms with E-state index in [4.69, 9.17) is 5.14 Å². The normalized spacial score (nSPS) is 13.1. The molecule has 3 N–H and O–H groups in total. The maximum absolute atomic E-state index is 11.6. The molecule has 0 saturated carbocycles. The lowest BCUT2D eigenvalue weighted by atomic mass is 10.3. The third kappa shape index (κ3) is 5.86. The molecule has 0 aliphatic rings.